The number of carbonyl (C=O) groups is 2. The molecule has 2 aromatic heterocycles. The Balaban J connectivity index is 1.36. The molecule has 2 fully saturated rings. The normalized spacial score (nSPS) is 20.6. The zero-order chi connectivity index (χ0) is 32.1. The van der Waals surface area contributed by atoms with Crippen LogP contribution in [0.15, 0.2) is 60.9 Å². The highest BCUT2D eigenvalue weighted by atomic mass is 16.2. The summed E-state index contributed by atoms with van der Waals surface area (Å²) >= 11 is 0. The summed E-state index contributed by atoms with van der Waals surface area (Å²) in [7, 11) is 2.09. The first-order valence-corrected chi connectivity index (χ1v) is 16.3. The summed E-state index contributed by atoms with van der Waals surface area (Å²) in [5.41, 5.74) is 7.62. The Labute approximate surface area is 267 Å². The van der Waals surface area contributed by atoms with Gasteiger partial charge in [-0.2, -0.15) is 0 Å². The lowest BCUT2D eigenvalue weighted by molar-refractivity contribution is -0.150. The molecule has 0 bridgehead atoms. The number of nitrogens with one attached hydrogen (secondary N) is 2. The molecule has 45 heavy (non-hydrogen) atoms. The molecule has 0 spiro atoms. The summed E-state index contributed by atoms with van der Waals surface area (Å²) in [6, 6.07) is 16.6. The average Bonchev–Trinajstić information content (AvgIpc) is 3.35. The SMILES string of the molecule is Cc1cc(C)c(NC(=O)C2(N(Cc3cccnc3)C(=O)C[C@@H]3[C@H](c4c(C)[nH]c5ccccc45)C3(C)C)CCN(C)CC2)c(C)c1. The number of benzene rings is 2. The Kier molecular flexibility index (Phi) is 8.10. The van der Waals surface area contributed by atoms with E-state index in [2.05, 4.69) is 91.3 Å². The number of piperidine rings is 1. The Morgan fingerprint density at radius 3 is 2.38 bits per heavy atom. The zero-order valence-electron chi connectivity index (χ0n) is 27.8. The summed E-state index contributed by atoms with van der Waals surface area (Å²) in [6.07, 6.45) is 5.10. The van der Waals surface area contributed by atoms with Crippen LogP contribution in [0.3, 0.4) is 0 Å². The second-order valence-corrected chi connectivity index (χ2v) is 14.2. The summed E-state index contributed by atoms with van der Waals surface area (Å²) in [5.74, 6) is 0.376. The van der Waals surface area contributed by atoms with Gasteiger partial charge in [0.1, 0.15) is 5.54 Å². The molecule has 6 rings (SSSR count). The van der Waals surface area contributed by atoms with Crippen LogP contribution in [-0.2, 0) is 16.1 Å². The van der Waals surface area contributed by atoms with Gasteiger partial charge in [-0.05, 0) is 99.2 Å². The van der Waals surface area contributed by atoms with E-state index in [1.54, 1.807) is 6.20 Å². The van der Waals surface area contributed by atoms with Crippen molar-refractivity contribution in [2.75, 3.05) is 25.5 Å². The maximum atomic E-state index is 14.8. The molecule has 0 unspecified atom stereocenters. The minimum absolute atomic E-state index is 0.0361. The minimum atomic E-state index is -0.978. The molecule has 2 aromatic carbocycles. The monoisotopic (exact) mass is 605 g/mol. The molecule has 3 heterocycles. The van der Waals surface area contributed by atoms with Crippen LogP contribution in [0, 0.1) is 39.0 Å². The third kappa shape index (κ3) is 5.67. The summed E-state index contributed by atoms with van der Waals surface area (Å²) in [6.45, 7) is 14.7. The lowest BCUT2D eigenvalue weighted by atomic mass is 9.83. The fraction of sp³-hybridized carbons (Fsp3) is 0.447. The number of rotatable bonds is 8. The van der Waals surface area contributed by atoms with Gasteiger partial charge in [0, 0.05) is 60.7 Å². The van der Waals surface area contributed by atoms with E-state index < -0.39 is 5.54 Å². The van der Waals surface area contributed by atoms with Gasteiger partial charge in [0.15, 0.2) is 0 Å². The van der Waals surface area contributed by atoms with Gasteiger partial charge in [0.2, 0.25) is 11.8 Å². The summed E-state index contributed by atoms with van der Waals surface area (Å²) < 4.78 is 0. The quantitative estimate of drug-likeness (QED) is 0.225. The number of H-pyrrole nitrogens is 1. The van der Waals surface area contributed by atoms with Crippen molar-refractivity contribution in [2.45, 2.75) is 78.8 Å². The molecule has 2 N–H and O–H groups in total. The van der Waals surface area contributed by atoms with Crippen molar-refractivity contribution in [1.82, 2.24) is 19.8 Å². The lowest BCUT2D eigenvalue weighted by Gasteiger charge is -2.47. The highest BCUT2D eigenvalue weighted by Gasteiger charge is 2.60. The van der Waals surface area contributed by atoms with E-state index in [1.165, 1.54) is 16.6 Å². The van der Waals surface area contributed by atoms with Crippen molar-refractivity contribution in [3.8, 4) is 0 Å². The average molecular weight is 606 g/mol. The number of nitrogens with zero attached hydrogens (tertiary/aromatic N) is 3. The van der Waals surface area contributed by atoms with Gasteiger partial charge >= 0.3 is 0 Å². The topological polar surface area (TPSA) is 81.3 Å². The molecule has 1 aliphatic heterocycles. The van der Waals surface area contributed by atoms with Crippen LogP contribution in [0.25, 0.3) is 10.9 Å². The first kappa shape index (κ1) is 31.0. The third-order valence-electron chi connectivity index (χ3n) is 10.7. The van der Waals surface area contributed by atoms with E-state index in [0.29, 0.717) is 25.8 Å². The van der Waals surface area contributed by atoms with Crippen LogP contribution >= 0.6 is 0 Å². The lowest BCUT2D eigenvalue weighted by Crippen LogP contribution is -2.63. The van der Waals surface area contributed by atoms with Gasteiger partial charge in [-0.25, -0.2) is 0 Å². The van der Waals surface area contributed by atoms with Crippen LogP contribution in [0.5, 0.6) is 0 Å². The van der Waals surface area contributed by atoms with Crippen molar-refractivity contribution >= 4 is 28.4 Å². The van der Waals surface area contributed by atoms with Gasteiger partial charge < -0.3 is 20.1 Å². The number of amides is 2. The van der Waals surface area contributed by atoms with Crippen molar-refractivity contribution in [3.05, 3.63) is 94.4 Å². The fourth-order valence-electron chi connectivity index (χ4n) is 8.06. The largest absolute Gasteiger partial charge is 0.358 e. The smallest absolute Gasteiger partial charge is 0.250 e. The summed E-state index contributed by atoms with van der Waals surface area (Å²) in [4.78, 5) is 41.5. The fourth-order valence-corrected chi connectivity index (χ4v) is 8.06. The van der Waals surface area contributed by atoms with Crippen LogP contribution in [0.1, 0.15) is 72.5 Å². The van der Waals surface area contributed by atoms with E-state index in [4.69, 9.17) is 0 Å². The van der Waals surface area contributed by atoms with E-state index in [0.717, 1.165) is 46.5 Å². The van der Waals surface area contributed by atoms with Gasteiger partial charge in [0.05, 0.1) is 0 Å². The van der Waals surface area contributed by atoms with Crippen LogP contribution in [0.2, 0.25) is 0 Å². The predicted molar refractivity (Wildman–Crippen MR) is 181 cm³/mol. The first-order chi connectivity index (χ1) is 21.4. The number of para-hydroxylation sites is 1. The summed E-state index contributed by atoms with van der Waals surface area (Å²) in [5, 5.41) is 4.57. The first-order valence-electron chi connectivity index (χ1n) is 16.3. The predicted octanol–water partition coefficient (Wildman–Crippen LogP) is 7.06. The number of aromatic nitrogens is 2. The molecule has 2 aliphatic rings. The molecule has 236 valence electrons. The molecule has 2 amide bonds. The molecular weight excluding hydrogens is 558 g/mol. The van der Waals surface area contributed by atoms with E-state index in [-0.39, 0.29) is 29.1 Å². The number of hydrogen-bond donors (Lipinski definition) is 2. The maximum Gasteiger partial charge on any atom is 0.250 e. The van der Waals surface area contributed by atoms with E-state index in [9.17, 15) is 9.59 Å². The Morgan fingerprint density at radius 1 is 1.02 bits per heavy atom. The molecule has 1 saturated carbocycles. The highest BCUT2D eigenvalue weighted by molar-refractivity contribution is 6.01. The number of fused-ring (bicyclic) bond motifs is 1. The molecule has 7 heteroatoms. The molecular formula is C38H47N5O2. The second kappa shape index (κ2) is 11.8. The van der Waals surface area contributed by atoms with Crippen LogP contribution < -0.4 is 5.32 Å². The van der Waals surface area contributed by atoms with Gasteiger partial charge in [0.25, 0.3) is 0 Å². The van der Waals surface area contributed by atoms with Gasteiger partial charge in [-0.15, -0.1) is 0 Å². The van der Waals surface area contributed by atoms with E-state index >= 15 is 0 Å². The standard InChI is InChI=1S/C38H47N5O2/c1-24-19-25(2)35(26(3)20-24)41-36(45)38(14-17-42(7)18-15-38)43(23-28-11-10-16-39-22-28)32(44)21-30-34(37(30,5)6)33-27(4)40-31-13-9-8-12-29(31)33/h8-13,16,19-20,22,30,34,40H,14-15,17-18,21,23H2,1-7H3,(H,41,45)/t30-,34-/m1/s1. The Morgan fingerprint density at radius 2 is 1.71 bits per heavy atom. The molecule has 1 aliphatic carbocycles. The van der Waals surface area contributed by atoms with Crippen LogP contribution in [-0.4, -0.2) is 57.3 Å². The maximum absolute atomic E-state index is 14.8. The molecule has 1 saturated heterocycles. The number of aryl methyl sites for hydroxylation is 4. The van der Waals surface area contributed by atoms with Gasteiger partial charge in [-0.3, -0.25) is 14.6 Å². The number of aromatic amines is 1. The number of likely N-dealkylation sites (tertiary alicyclic amines) is 1. The Bertz CT molecular complexity index is 1710. The second-order valence-electron chi connectivity index (χ2n) is 14.2. The highest BCUT2D eigenvalue weighted by Crippen LogP contribution is 2.67. The number of anilines is 1. The van der Waals surface area contributed by atoms with Crippen molar-refractivity contribution in [1.29, 1.82) is 0 Å². The van der Waals surface area contributed by atoms with E-state index in [1.807, 2.05) is 37.1 Å². The zero-order valence-corrected chi connectivity index (χ0v) is 27.8. The molecule has 0 radical (unpaired) electrons. The van der Waals surface area contributed by atoms with Crippen molar-refractivity contribution in [2.24, 2.45) is 11.3 Å². The van der Waals surface area contributed by atoms with Crippen LogP contribution in [0.4, 0.5) is 5.69 Å². The number of carbonyl (C=O) groups excluding carboxylic acids is 2. The van der Waals surface area contributed by atoms with Gasteiger partial charge in [-0.1, -0.05) is 55.8 Å². The molecule has 4 aromatic rings. The Hall–Kier alpha value is -3.97. The third-order valence-corrected chi connectivity index (χ3v) is 10.7. The van der Waals surface area contributed by atoms with Crippen molar-refractivity contribution in [3.63, 3.8) is 0 Å². The minimum Gasteiger partial charge on any atom is -0.358 e. The molecule has 2 atom stereocenters. The number of pyridine rings is 1. The van der Waals surface area contributed by atoms with Crippen molar-refractivity contribution < 1.29 is 9.59 Å². The number of hydrogen-bond acceptors (Lipinski definition) is 4. The molecule has 7 nitrogen and oxygen atoms in total.